The zero-order valence-electron chi connectivity index (χ0n) is 15.4. The summed E-state index contributed by atoms with van der Waals surface area (Å²) in [7, 11) is 0. The molecular formula is C19H23F2N3O4. The van der Waals surface area contributed by atoms with E-state index in [9.17, 15) is 18.4 Å². The van der Waals surface area contributed by atoms with Crippen LogP contribution < -0.4 is 15.4 Å². The van der Waals surface area contributed by atoms with E-state index in [2.05, 4.69) is 15.6 Å². The number of imide groups is 1. The number of aromatic nitrogens is 1. The minimum Gasteiger partial charge on any atom is -0.475 e. The van der Waals surface area contributed by atoms with Gasteiger partial charge in [-0.1, -0.05) is 6.07 Å². The molecule has 4 rings (SSSR count). The zero-order chi connectivity index (χ0) is 19.7. The molecule has 2 atom stereocenters. The number of amides is 2. The molecule has 2 aliphatic heterocycles. The number of hydrogen-bond donors (Lipinski definition) is 2. The first-order valence-corrected chi connectivity index (χ1v) is 9.63. The van der Waals surface area contributed by atoms with Crippen LogP contribution >= 0.6 is 0 Å². The number of halogens is 2. The summed E-state index contributed by atoms with van der Waals surface area (Å²) in [6.45, 7) is 0.502. The van der Waals surface area contributed by atoms with Gasteiger partial charge in [0.15, 0.2) is 0 Å². The number of rotatable bonds is 6. The second-order valence-electron chi connectivity index (χ2n) is 7.62. The lowest BCUT2D eigenvalue weighted by Crippen LogP contribution is -2.43. The average Bonchev–Trinajstić information content (AvgIpc) is 3.24. The molecule has 3 aliphatic rings. The van der Waals surface area contributed by atoms with Gasteiger partial charge in [-0.3, -0.25) is 20.2 Å². The van der Waals surface area contributed by atoms with E-state index in [0.717, 1.165) is 37.9 Å². The van der Waals surface area contributed by atoms with E-state index >= 15 is 0 Å². The third-order valence-electron chi connectivity index (χ3n) is 5.23. The first kappa shape index (κ1) is 19.2. The number of hydrogen-bond acceptors (Lipinski definition) is 6. The van der Waals surface area contributed by atoms with Crippen LogP contribution in [0, 0.1) is 0 Å². The normalized spacial score (nSPS) is 26.2. The molecule has 0 spiro atoms. The van der Waals surface area contributed by atoms with Gasteiger partial charge in [0.1, 0.15) is 12.3 Å². The Labute approximate surface area is 161 Å². The third-order valence-corrected chi connectivity index (χ3v) is 5.23. The summed E-state index contributed by atoms with van der Waals surface area (Å²) in [6.07, 6.45) is 3.40. The van der Waals surface area contributed by atoms with E-state index in [0.29, 0.717) is 18.4 Å². The van der Waals surface area contributed by atoms with Crippen molar-refractivity contribution in [2.45, 2.75) is 56.1 Å². The fourth-order valence-corrected chi connectivity index (χ4v) is 3.51. The van der Waals surface area contributed by atoms with Crippen LogP contribution in [0.3, 0.4) is 0 Å². The summed E-state index contributed by atoms with van der Waals surface area (Å²) in [5.41, 5.74) is 0.961. The average molecular weight is 395 g/mol. The standard InChI is InChI=1S/C19H23F2N3O4/c20-19(21)8-15(22-10-19)17(26)24-16(25)14-6-5-13(11-3-4-11)18(23-14)28-9-12-2-1-7-27-12/h5-6,11-12,15,22H,1-4,7-10H2,(H,24,25,26)/t12-,15+/m1/s1. The van der Waals surface area contributed by atoms with Gasteiger partial charge in [0.05, 0.1) is 18.7 Å². The molecule has 1 aromatic rings. The molecule has 3 heterocycles. The highest BCUT2D eigenvalue weighted by Gasteiger charge is 2.42. The molecule has 0 radical (unpaired) electrons. The number of pyridine rings is 1. The van der Waals surface area contributed by atoms with Gasteiger partial charge in [-0.15, -0.1) is 0 Å². The molecule has 28 heavy (non-hydrogen) atoms. The van der Waals surface area contributed by atoms with Gasteiger partial charge in [0, 0.05) is 18.6 Å². The lowest BCUT2D eigenvalue weighted by Gasteiger charge is -2.15. The lowest BCUT2D eigenvalue weighted by atomic mass is 10.1. The van der Waals surface area contributed by atoms with E-state index in [1.54, 1.807) is 6.07 Å². The van der Waals surface area contributed by atoms with E-state index in [1.807, 2.05) is 0 Å². The van der Waals surface area contributed by atoms with Gasteiger partial charge in [-0.25, -0.2) is 13.8 Å². The molecule has 2 saturated heterocycles. The molecule has 0 bridgehead atoms. The summed E-state index contributed by atoms with van der Waals surface area (Å²) < 4.78 is 37.9. The minimum atomic E-state index is -2.95. The minimum absolute atomic E-state index is 0.0167. The fourth-order valence-electron chi connectivity index (χ4n) is 3.51. The molecule has 0 aromatic carbocycles. The molecule has 9 heteroatoms. The van der Waals surface area contributed by atoms with Crippen LogP contribution in [0.25, 0.3) is 0 Å². The van der Waals surface area contributed by atoms with Crippen molar-refractivity contribution in [3.8, 4) is 5.88 Å². The van der Waals surface area contributed by atoms with Crippen molar-refractivity contribution >= 4 is 11.8 Å². The summed E-state index contributed by atoms with van der Waals surface area (Å²) in [6, 6.07) is 2.22. The van der Waals surface area contributed by atoms with Gasteiger partial charge in [-0.05, 0) is 37.7 Å². The number of carbonyl (C=O) groups is 2. The Morgan fingerprint density at radius 3 is 2.79 bits per heavy atom. The molecular weight excluding hydrogens is 372 g/mol. The van der Waals surface area contributed by atoms with Crippen LogP contribution in [-0.4, -0.2) is 54.6 Å². The van der Waals surface area contributed by atoms with E-state index in [4.69, 9.17) is 9.47 Å². The van der Waals surface area contributed by atoms with Gasteiger partial charge in [-0.2, -0.15) is 0 Å². The van der Waals surface area contributed by atoms with Gasteiger partial charge >= 0.3 is 0 Å². The maximum absolute atomic E-state index is 13.2. The monoisotopic (exact) mass is 395 g/mol. The number of alkyl halides is 2. The SMILES string of the molecule is O=C(NC(=O)[C@@H]1CC(F)(F)CN1)c1ccc(C2CC2)c(OC[C@H]2CCCO2)n1. The topological polar surface area (TPSA) is 89.6 Å². The Morgan fingerprint density at radius 2 is 2.14 bits per heavy atom. The van der Waals surface area contributed by atoms with E-state index < -0.39 is 36.7 Å². The van der Waals surface area contributed by atoms with Gasteiger partial charge < -0.3 is 9.47 Å². The summed E-state index contributed by atoms with van der Waals surface area (Å²) >= 11 is 0. The Kier molecular flexibility index (Phi) is 5.29. The van der Waals surface area contributed by atoms with Crippen molar-refractivity contribution in [2.24, 2.45) is 0 Å². The van der Waals surface area contributed by atoms with Gasteiger partial charge in [0.25, 0.3) is 11.8 Å². The maximum Gasteiger partial charge on any atom is 0.276 e. The van der Waals surface area contributed by atoms with E-state index in [1.165, 1.54) is 6.07 Å². The molecule has 7 nitrogen and oxygen atoms in total. The Balaban J connectivity index is 1.42. The van der Waals surface area contributed by atoms with E-state index in [-0.39, 0.29) is 11.8 Å². The molecule has 152 valence electrons. The van der Waals surface area contributed by atoms with Crippen LogP contribution in [-0.2, 0) is 9.53 Å². The van der Waals surface area contributed by atoms with Crippen LogP contribution in [0.1, 0.15) is 54.1 Å². The Hall–Kier alpha value is -2.13. The zero-order valence-corrected chi connectivity index (χ0v) is 15.4. The molecule has 2 N–H and O–H groups in total. The van der Waals surface area contributed by atoms with Gasteiger partial charge in [0.2, 0.25) is 11.8 Å². The maximum atomic E-state index is 13.2. The predicted octanol–water partition coefficient (Wildman–Crippen LogP) is 1.77. The Morgan fingerprint density at radius 1 is 1.32 bits per heavy atom. The summed E-state index contributed by atoms with van der Waals surface area (Å²) in [4.78, 5) is 28.8. The highest BCUT2D eigenvalue weighted by Crippen LogP contribution is 2.43. The number of ether oxygens (including phenoxy) is 2. The van der Waals surface area contributed by atoms with Crippen molar-refractivity contribution in [3.63, 3.8) is 0 Å². The highest BCUT2D eigenvalue weighted by atomic mass is 19.3. The third kappa shape index (κ3) is 4.47. The van der Waals surface area contributed by atoms with Crippen molar-refractivity contribution in [2.75, 3.05) is 19.8 Å². The first-order chi connectivity index (χ1) is 13.4. The smallest absolute Gasteiger partial charge is 0.276 e. The molecule has 0 unspecified atom stereocenters. The molecule has 1 saturated carbocycles. The summed E-state index contributed by atoms with van der Waals surface area (Å²) in [5, 5.41) is 4.57. The van der Waals surface area contributed by atoms with Crippen LogP contribution in [0.15, 0.2) is 12.1 Å². The second-order valence-corrected chi connectivity index (χ2v) is 7.62. The largest absolute Gasteiger partial charge is 0.475 e. The van der Waals surface area contributed by atoms with Crippen LogP contribution in [0.5, 0.6) is 5.88 Å². The van der Waals surface area contributed by atoms with Crippen molar-refractivity contribution in [3.05, 3.63) is 23.4 Å². The first-order valence-electron chi connectivity index (χ1n) is 9.63. The summed E-state index contributed by atoms with van der Waals surface area (Å²) in [5.74, 6) is -3.71. The molecule has 3 fully saturated rings. The number of nitrogens with zero attached hydrogens (tertiary/aromatic N) is 1. The highest BCUT2D eigenvalue weighted by molar-refractivity contribution is 6.05. The Bertz CT molecular complexity index is 764. The second kappa shape index (κ2) is 7.71. The van der Waals surface area contributed by atoms with Crippen molar-refractivity contribution in [1.82, 2.24) is 15.6 Å². The van der Waals surface area contributed by atoms with Crippen LogP contribution in [0.2, 0.25) is 0 Å². The van der Waals surface area contributed by atoms with Crippen molar-refractivity contribution < 1.29 is 27.8 Å². The lowest BCUT2D eigenvalue weighted by molar-refractivity contribution is -0.122. The molecule has 1 aromatic heterocycles. The predicted molar refractivity (Wildman–Crippen MR) is 94.5 cm³/mol. The number of nitrogens with one attached hydrogen (secondary N) is 2. The quantitative estimate of drug-likeness (QED) is 0.714. The fraction of sp³-hybridized carbons (Fsp3) is 0.632. The number of carbonyl (C=O) groups excluding carboxylic acids is 2. The van der Waals surface area contributed by atoms with Crippen molar-refractivity contribution in [1.29, 1.82) is 0 Å². The van der Waals surface area contributed by atoms with Crippen LogP contribution in [0.4, 0.5) is 8.78 Å². The molecule has 1 aliphatic carbocycles. The molecule has 2 amide bonds.